The van der Waals surface area contributed by atoms with Gasteiger partial charge < -0.3 is 19.5 Å². The van der Waals surface area contributed by atoms with Crippen molar-refractivity contribution in [2.24, 2.45) is 0 Å². The minimum Gasteiger partial charge on any atom is -0.497 e. The van der Waals surface area contributed by atoms with Crippen LogP contribution in [-0.2, 0) is 16.0 Å². The van der Waals surface area contributed by atoms with Gasteiger partial charge in [0.2, 0.25) is 0 Å². The lowest BCUT2D eigenvalue weighted by Crippen LogP contribution is -2.36. The van der Waals surface area contributed by atoms with Gasteiger partial charge in [-0.3, -0.25) is 4.79 Å². The zero-order valence-corrected chi connectivity index (χ0v) is 15.9. The zero-order valence-electron chi connectivity index (χ0n) is 15.9. The molecule has 27 heavy (non-hydrogen) atoms. The smallest absolute Gasteiger partial charge is 0.341 e. The fraction of sp³-hybridized carbons (Fsp3) is 0.333. The second-order valence-corrected chi connectivity index (χ2v) is 6.14. The van der Waals surface area contributed by atoms with Crippen LogP contribution in [0.2, 0.25) is 0 Å². The first-order valence-corrected chi connectivity index (χ1v) is 8.76. The van der Waals surface area contributed by atoms with Gasteiger partial charge in [0.1, 0.15) is 17.1 Å². The van der Waals surface area contributed by atoms with Crippen LogP contribution in [0.5, 0.6) is 11.5 Å². The van der Waals surface area contributed by atoms with Crippen LogP contribution in [0.4, 0.5) is 0 Å². The van der Waals surface area contributed by atoms with E-state index in [0.29, 0.717) is 5.75 Å². The van der Waals surface area contributed by atoms with Crippen molar-refractivity contribution in [3.05, 3.63) is 59.7 Å². The van der Waals surface area contributed by atoms with Gasteiger partial charge in [0.15, 0.2) is 6.61 Å². The fourth-order valence-corrected chi connectivity index (χ4v) is 2.59. The van der Waals surface area contributed by atoms with Gasteiger partial charge in [0.25, 0.3) is 5.91 Å². The van der Waals surface area contributed by atoms with E-state index in [1.165, 1.54) is 19.8 Å². The molecule has 1 atom stereocenters. The largest absolute Gasteiger partial charge is 0.497 e. The molecular weight excluding hydrogens is 346 g/mol. The molecule has 0 spiro atoms. The molecule has 0 bridgehead atoms. The summed E-state index contributed by atoms with van der Waals surface area (Å²) in [5, 5.41) is 2.90. The standard InChI is InChI=1S/C21H25NO5/c1-15(9-10-16-7-5-4-6-8-16)22-20(23)14-27-19-13-17(25-2)11-12-18(19)21(24)26-3/h4-8,11-13,15H,9-10,14H2,1-3H3,(H,22,23)/t15-/m1/s1. The topological polar surface area (TPSA) is 73.9 Å². The lowest BCUT2D eigenvalue weighted by Gasteiger charge is -2.15. The number of methoxy groups -OCH3 is 2. The molecule has 0 saturated heterocycles. The number of aryl methyl sites for hydroxylation is 1. The van der Waals surface area contributed by atoms with Crippen molar-refractivity contribution in [2.45, 2.75) is 25.8 Å². The van der Waals surface area contributed by atoms with Crippen molar-refractivity contribution < 1.29 is 23.8 Å². The number of ether oxygens (including phenoxy) is 3. The molecule has 0 aliphatic rings. The van der Waals surface area contributed by atoms with E-state index in [1.807, 2.05) is 25.1 Å². The van der Waals surface area contributed by atoms with Crippen LogP contribution in [0, 0.1) is 0 Å². The molecule has 2 aromatic carbocycles. The van der Waals surface area contributed by atoms with Crippen LogP contribution < -0.4 is 14.8 Å². The second kappa shape index (κ2) is 10.2. The van der Waals surface area contributed by atoms with E-state index in [2.05, 4.69) is 17.4 Å². The van der Waals surface area contributed by atoms with Gasteiger partial charge >= 0.3 is 5.97 Å². The molecule has 0 fully saturated rings. The van der Waals surface area contributed by atoms with Crippen molar-refractivity contribution in [2.75, 3.05) is 20.8 Å². The van der Waals surface area contributed by atoms with Gasteiger partial charge in [-0.1, -0.05) is 30.3 Å². The second-order valence-electron chi connectivity index (χ2n) is 6.14. The van der Waals surface area contributed by atoms with E-state index < -0.39 is 5.97 Å². The number of amides is 1. The number of benzene rings is 2. The summed E-state index contributed by atoms with van der Waals surface area (Å²) in [4.78, 5) is 24.0. The fourth-order valence-electron chi connectivity index (χ4n) is 2.59. The lowest BCUT2D eigenvalue weighted by molar-refractivity contribution is -0.123. The van der Waals surface area contributed by atoms with Crippen molar-refractivity contribution in [1.29, 1.82) is 0 Å². The molecule has 0 heterocycles. The lowest BCUT2D eigenvalue weighted by atomic mass is 10.1. The maximum atomic E-state index is 12.2. The average molecular weight is 371 g/mol. The zero-order chi connectivity index (χ0) is 19.6. The number of nitrogens with one attached hydrogen (secondary N) is 1. The molecule has 6 nitrogen and oxygen atoms in total. The van der Waals surface area contributed by atoms with Crippen LogP contribution >= 0.6 is 0 Å². The van der Waals surface area contributed by atoms with Crippen LogP contribution in [-0.4, -0.2) is 38.7 Å². The summed E-state index contributed by atoms with van der Waals surface area (Å²) >= 11 is 0. The van der Waals surface area contributed by atoms with Gasteiger partial charge in [0.05, 0.1) is 14.2 Å². The normalized spacial score (nSPS) is 11.4. The highest BCUT2D eigenvalue weighted by atomic mass is 16.5. The molecular formula is C21H25NO5. The van der Waals surface area contributed by atoms with Crippen molar-refractivity contribution in [3.63, 3.8) is 0 Å². The minimum atomic E-state index is -0.538. The maximum Gasteiger partial charge on any atom is 0.341 e. The summed E-state index contributed by atoms with van der Waals surface area (Å²) in [5.74, 6) is -0.0268. The number of hydrogen-bond acceptors (Lipinski definition) is 5. The molecule has 0 unspecified atom stereocenters. The molecule has 1 amide bonds. The van der Waals surface area contributed by atoms with Gasteiger partial charge in [-0.15, -0.1) is 0 Å². The number of carbonyl (C=O) groups is 2. The number of hydrogen-bond donors (Lipinski definition) is 1. The maximum absolute atomic E-state index is 12.2. The van der Waals surface area contributed by atoms with Crippen LogP contribution in [0.3, 0.4) is 0 Å². The first-order chi connectivity index (χ1) is 13.0. The van der Waals surface area contributed by atoms with Gasteiger partial charge in [-0.2, -0.15) is 0 Å². The van der Waals surface area contributed by atoms with Crippen molar-refractivity contribution in [1.82, 2.24) is 5.32 Å². The quantitative estimate of drug-likeness (QED) is 0.686. The van der Waals surface area contributed by atoms with E-state index in [1.54, 1.807) is 18.2 Å². The highest BCUT2D eigenvalue weighted by Crippen LogP contribution is 2.25. The van der Waals surface area contributed by atoms with Gasteiger partial charge in [0, 0.05) is 12.1 Å². The third-order valence-corrected chi connectivity index (χ3v) is 4.07. The Bertz CT molecular complexity index is 760. The molecule has 144 valence electrons. The Morgan fingerprint density at radius 1 is 1.07 bits per heavy atom. The van der Waals surface area contributed by atoms with E-state index in [-0.39, 0.29) is 29.9 Å². The molecule has 1 N–H and O–H groups in total. The molecule has 0 aliphatic carbocycles. The van der Waals surface area contributed by atoms with Crippen LogP contribution in [0.15, 0.2) is 48.5 Å². The summed E-state index contributed by atoms with van der Waals surface area (Å²) in [6.45, 7) is 1.75. The Morgan fingerprint density at radius 3 is 2.48 bits per heavy atom. The van der Waals surface area contributed by atoms with Crippen molar-refractivity contribution >= 4 is 11.9 Å². The summed E-state index contributed by atoms with van der Waals surface area (Å²) < 4.78 is 15.4. The van der Waals surface area contributed by atoms with Crippen LogP contribution in [0.1, 0.15) is 29.3 Å². The third-order valence-electron chi connectivity index (χ3n) is 4.07. The Labute approximate surface area is 159 Å². The molecule has 0 aliphatic heterocycles. The Morgan fingerprint density at radius 2 is 1.81 bits per heavy atom. The Balaban J connectivity index is 1.88. The molecule has 0 aromatic heterocycles. The van der Waals surface area contributed by atoms with E-state index in [9.17, 15) is 9.59 Å². The Kier molecular flexibility index (Phi) is 7.67. The SMILES string of the molecule is COC(=O)c1ccc(OC)cc1OCC(=O)N[C@H](C)CCc1ccccc1. The monoisotopic (exact) mass is 371 g/mol. The van der Waals surface area contributed by atoms with Crippen LogP contribution in [0.25, 0.3) is 0 Å². The highest BCUT2D eigenvalue weighted by Gasteiger charge is 2.16. The summed E-state index contributed by atoms with van der Waals surface area (Å²) in [6.07, 6.45) is 1.70. The van der Waals surface area contributed by atoms with Crippen molar-refractivity contribution in [3.8, 4) is 11.5 Å². The van der Waals surface area contributed by atoms with Gasteiger partial charge in [-0.25, -0.2) is 4.79 Å². The third kappa shape index (κ3) is 6.33. The number of carbonyl (C=O) groups excluding carboxylic acids is 2. The highest BCUT2D eigenvalue weighted by molar-refractivity contribution is 5.92. The molecule has 0 saturated carbocycles. The van der Waals surface area contributed by atoms with E-state index in [4.69, 9.17) is 14.2 Å². The predicted molar refractivity (Wildman–Crippen MR) is 102 cm³/mol. The van der Waals surface area contributed by atoms with Gasteiger partial charge in [-0.05, 0) is 37.5 Å². The Hall–Kier alpha value is -3.02. The van der Waals surface area contributed by atoms with E-state index >= 15 is 0 Å². The predicted octanol–water partition coefficient (Wildman–Crippen LogP) is 3.00. The molecule has 0 radical (unpaired) electrons. The van der Waals surface area contributed by atoms with E-state index in [0.717, 1.165) is 12.8 Å². The molecule has 2 aromatic rings. The molecule has 2 rings (SSSR count). The number of rotatable bonds is 9. The summed E-state index contributed by atoms with van der Waals surface area (Å²) in [6, 6.07) is 14.8. The summed E-state index contributed by atoms with van der Waals surface area (Å²) in [7, 11) is 2.80. The first kappa shape index (κ1) is 20.3. The number of esters is 1. The summed E-state index contributed by atoms with van der Waals surface area (Å²) in [5.41, 5.74) is 1.47. The molecule has 6 heteroatoms. The minimum absolute atomic E-state index is 0.00620. The first-order valence-electron chi connectivity index (χ1n) is 8.76. The average Bonchev–Trinajstić information content (AvgIpc) is 2.70.